The molecule has 0 bridgehead atoms. The highest BCUT2D eigenvalue weighted by Gasteiger charge is 2.44. The molecule has 1 heterocycles. The van der Waals surface area contributed by atoms with Crippen LogP contribution in [0.2, 0.25) is 0 Å². The highest BCUT2D eigenvalue weighted by atomic mass is 127. The van der Waals surface area contributed by atoms with Crippen LogP contribution in [0.5, 0.6) is 0 Å². The topological polar surface area (TPSA) is 57.7 Å². The third-order valence-corrected chi connectivity index (χ3v) is 6.31. The first-order chi connectivity index (χ1) is 15.5. The van der Waals surface area contributed by atoms with Crippen LogP contribution >= 0.6 is 22.6 Å². The molecule has 0 spiro atoms. The Hall–Kier alpha value is -3.00. The number of rotatable bonds is 7. The molecule has 1 unspecified atom stereocenters. The molecule has 0 aromatic heterocycles. The van der Waals surface area contributed by atoms with Gasteiger partial charge in [-0.2, -0.15) is 0 Å². The van der Waals surface area contributed by atoms with E-state index in [1.54, 1.807) is 17.0 Å². The quantitative estimate of drug-likeness (QED) is 0.334. The lowest BCUT2D eigenvalue weighted by Gasteiger charge is -2.28. The van der Waals surface area contributed by atoms with Crippen LogP contribution in [0.25, 0.3) is 0 Å². The summed E-state index contributed by atoms with van der Waals surface area (Å²) in [5.41, 5.74) is 2.51. The Bertz CT molecular complexity index is 1100. The van der Waals surface area contributed by atoms with Crippen molar-refractivity contribution in [2.75, 3.05) is 11.4 Å². The van der Waals surface area contributed by atoms with Gasteiger partial charge in [0.25, 0.3) is 5.91 Å². The Kier molecular flexibility index (Phi) is 6.99. The highest BCUT2D eigenvalue weighted by molar-refractivity contribution is 14.1. The van der Waals surface area contributed by atoms with E-state index in [4.69, 9.17) is 0 Å². The number of imide groups is 1. The molecular formula is C26H23IN2O3. The molecule has 3 amide bonds. The molecule has 6 heteroatoms. The van der Waals surface area contributed by atoms with Gasteiger partial charge in [0, 0.05) is 10.1 Å². The van der Waals surface area contributed by atoms with Gasteiger partial charge in [-0.15, -0.1) is 0 Å². The van der Waals surface area contributed by atoms with Crippen molar-refractivity contribution in [3.05, 3.63) is 99.6 Å². The van der Waals surface area contributed by atoms with Crippen LogP contribution < -0.4 is 4.90 Å². The summed E-state index contributed by atoms with van der Waals surface area (Å²) < 4.78 is 1.02. The van der Waals surface area contributed by atoms with Crippen molar-refractivity contribution in [3.63, 3.8) is 0 Å². The van der Waals surface area contributed by atoms with Crippen molar-refractivity contribution in [2.24, 2.45) is 0 Å². The lowest BCUT2D eigenvalue weighted by Crippen LogP contribution is -2.47. The molecule has 1 aliphatic heterocycles. The number of carbonyl (C=O) groups excluding carboxylic acids is 3. The van der Waals surface area contributed by atoms with Crippen molar-refractivity contribution in [1.82, 2.24) is 4.90 Å². The van der Waals surface area contributed by atoms with E-state index in [0.29, 0.717) is 18.7 Å². The Balaban J connectivity index is 1.58. The number of nitrogens with zero attached hydrogens (tertiary/aromatic N) is 2. The summed E-state index contributed by atoms with van der Waals surface area (Å²) >= 11 is 2.18. The molecule has 1 fully saturated rings. The normalized spacial score (nSPS) is 15.8. The van der Waals surface area contributed by atoms with Crippen LogP contribution in [-0.4, -0.2) is 35.2 Å². The fourth-order valence-corrected chi connectivity index (χ4v) is 4.30. The maximum absolute atomic E-state index is 13.3. The van der Waals surface area contributed by atoms with Crippen LogP contribution in [-0.2, 0) is 27.2 Å². The third kappa shape index (κ3) is 5.07. The molecule has 4 rings (SSSR count). The number of anilines is 1. The van der Waals surface area contributed by atoms with Crippen LogP contribution in [0.4, 0.5) is 5.69 Å². The van der Waals surface area contributed by atoms with E-state index in [1.165, 1.54) is 4.90 Å². The van der Waals surface area contributed by atoms with Gasteiger partial charge in [-0.05, 0) is 64.4 Å². The first-order valence-electron chi connectivity index (χ1n) is 10.5. The van der Waals surface area contributed by atoms with Crippen molar-refractivity contribution < 1.29 is 14.4 Å². The van der Waals surface area contributed by atoms with Crippen molar-refractivity contribution in [3.8, 4) is 0 Å². The van der Waals surface area contributed by atoms with E-state index in [-0.39, 0.29) is 30.6 Å². The van der Waals surface area contributed by atoms with Crippen molar-refractivity contribution in [1.29, 1.82) is 0 Å². The lowest BCUT2D eigenvalue weighted by atomic mass is 10.1. The first kappa shape index (κ1) is 22.2. The van der Waals surface area contributed by atoms with E-state index >= 15 is 0 Å². The summed E-state index contributed by atoms with van der Waals surface area (Å²) in [7, 11) is 0. The largest absolute Gasteiger partial charge is 0.329 e. The molecule has 3 aromatic rings. The molecular weight excluding hydrogens is 515 g/mol. The maximum atomic E-state index is 13.3. The molecule has 0 N–H and O–H groups in total. The molecule has 0 radical (unpaired) electrons. The molecule has 1 saturated heterocycles. The van der Waals surface area contributed by atoms with E-state index in [0.717, 1.165) is 14.7 Å². The van der Waals surface area contributed by atoms with Crippen molar-refractivity contribution in [2.45, 2.75) is 25.3 Å². The number of benzene rings is 3. The van der Waals surface area contributed by atoms with Gasteiger partial charge in [0.05, 0.1) is 18.5 Å². The predicted molar refractivity (Wildman–Crippen MR) is 132 cm³/mol. The van der Waals surface area contributed by atoms with E-state index in [9.17, 15) is 14.4 Å². The number of hydrogen-bond donors (Lipinski definition) is 0. The summed E-state index contributed by atoms with van der Waals surface area (Å²) in [6.07, 6.45) is 0.806. The minimum absolute atomic E-state index is 0.000138. The molecule has 0 saturated carbocycles. The van der Waals surface area contributed by atoms with E-state index < -0.39 is 6.04 Å². The fraction of sp³-hybridized carbons (Fsp3) is 0.192. The molecule has 5 nitrogen and oxygen atoms in total. The summed E-state index contributed by atoms with van der Waals surface area (Å²) in [6.45, 7) is 0.375. The van der Waals surface area contributed by atoms with Gasteiger partial charge in [-0.25, -0.2) is 4.90 Å². The monoisotopic (exact) mass is 538 g/mol. The zero-order chi connectivity index (χ0) is 22.5. The lowest BCUT2D eigenvalue weighted by molar-refractivity contribution is -0.137. The summed E-state index contributed by atoms with van der Waals surface area (Å²) in [4.78, 5) is 42.2. The van der Waals surface area contributed by atoms with Gasteiger partial charge >= 0.3 is 0 Å². The second-order valence-corrected chi connectivity index (χ2v) is 8.99. The third-order valence-electron chi connectivity index (χ3n) is 5.59. The van der Waals surface area contributed by atoms with E-state index in [1.807, 2.05) is 72.8 Å². The minimum atomic E-state index is -0.790. The molecule has 3 aromatic carbocycles. The average Bonchev–Trinajstić information content (AvgIpc) is 3.09. The number of hydrogen-bond acceptors (Lipinski definition) is 3. The first-order valence-corrected chi connectivity index (χ1v) is 11.6. The van der Waals surface area contributed by atoms with Gasteiger partial charge in [-0.3, -0.25) is 14.4 Å². The molecule has 1 aliphatic rings. The van der Waals surface area contributed by atoms with Crippen LogP contribution in [0.3, 0.4) is 0 Å². The average molecular weight is 538 g/mol. The minimum Gasteiger partial charge on any atom is -0.329 e. The number of carbonyl (C=O) groups is 3. The number of halogens is 1. The smallest absolute Gasteiger partial charge is 0.257 e. The van der Waals surface area contributed by atoms with Crippen LogP contribution in [0.1, 0.15) is 17.5 Å². The van der Waals surface area contributed by atoms with Gasteiger partial charge in [0.1, 0.15) is 6.04 Å². The Morgan fingerprint density at radius 3 is 2.09 bits per heavy atom. The van der Waals surface area contributed by atoms with E-state index in [2.05, 4.69) is 22.6 Å². The van der Waals surface area contributed by atoms with Gasteiger partial charge in [0.15, 0.2) is 0 Å². The zero-order valence-corrected chi connectivity index (χ0v) is 19.6. The fourth-order valence-electron chi connectivity index (χ4n) is 3.94. The van der Waals surface area contributed by atoms with Crippen molar-refractivity contribution >= 4 is 46.0 Å². The molecule has 32 heavy (non-hydrogen) atoms. The SMILES string of the molecule is O=C1CC(N(CCc2ccccc2)C(=O)Cc2ccccc2)C(=O)N1c1ccc(I)cc1. The van der Waals surface area contributed by atoms with Gasteiger partial charge in [-0.1, -0.05) is 60.7 Å². The molecule has 0 aliphatic carbocycles. The standard InChI is InChI=1S/C26H23IN2O3/c27-21-11-13-22(14-12-21)29-25(31)18-23(26(29)32)28(16-15-19-7-3-1-4-8-19)24(30)17-20-9-5-2-6-10-20/h1-14,23H,15-18H2. The van der Waals surface area contributed by atoms with Crippen LogP contribution in [0.15, 0.2) is 84.9 Å². The Labute approximate surface area is 201 Å². The zero-order valence-electron chi connectivity index (χ0n) is 17.5. The Morgan fingerprint density at radius 1 is 0.875 bits per heavy atom. The second-order valence-electron chi connectivity index (χ2n) is 7.75. The summed E-state index contributed by atoms with van der Waals surface area (Å²) in [5.74, 6) is -0.771. The predicted octanol–water partition coefficient (Wildman–Crippen LogP) is 4.24. The maximum Gasteiger partial charge on any atom is 0.257 e. The summed E-state index contributed by atoms with van der Waals surface area (Å²) in [6, 6.07) is 25.8. The summed E-state index contributed by atoms with van der Waals surface area (Å²) in [5, 5.41) is 0. The number of amides is 3. The van der Waals surface area contributed by atoms with Crippen LogP contribution in [0, 0.1) is 3.57 Å². The molecule has 1 atom stereocenters. The van der Waals surface area contributed by atoms with Gasteiger partial charge in [0.2, 0.25) is 11.8 Å². The van der Waals surface area contributed by atoms with Gasteiger partial charge < -0.3 is 4.90 Å². The second kappa shape index (κ2) is 10.1. The highest BCUT2D eigenvalue weighted by Crippen LogP contribution is 2.27. The Morgan fingerprint density at radius 2 is 1.47 bits per heavy atom. The molecule has 162 valence electrons.